The Morgan fingerprint density at radius 1 is 0.641 bits per heavy atom. The molecule has 0 N–H and O–H groups in total. The summed E-state index contributed by atoms with van der Waals surface area (Å²) in [6.07, 6.45) is 15.6. The fraction of sp³-hybridized carbons (Fsp3) is 0.129. The molecule has 1 atom stereocenters. The van der Waals surface area contributed by atoms with Crippen LogP contribution in [0.25, 0.3) is 132 Å². The van der Waals surface area contributed by atoms with E-state index in [0.29, 0.717) is 5.92 Å². The summed E-state index contributed by atoms with van der Waals surface area (Å²) >= 11 is 4.00. The highest BCUT2D eigenvalue weighted by atomic mass is 79.9. The van der Waals surface area contributed by atoms with Crippen molar-refractivity contribution in [2.75, 3.05) is 0 Å². The van der Waals surface area contributed by atoms with Crippen LogP contribution in [0.3, 0.4) is 0 Å². The van der Waals surface area contributed by atoms with Crippen LogP contribution in [0.1, 0.15) is 65.2 Å². The van der Waals surface area contributed by atoms with Crippen molar-refractivity contribution in [1.29, 1.82) is 0 Å². The molecule has 1 nitrogen and oxygen atoms in total. The molecule has 3 aliphatic rings. The number of allylic oxidation sites excluding steroid dienone is 2. The lowest BCUT2D eigenvalue weighted by Crippen LogP contribution is -2.22. The molecule has 0 bridgehead atoms. The Morgan fingerprint density at radius 3 is 2.17 bits per heavy atom. The minimum atomic E-state index is 0.595. The van der Waals surface area contributed by atoms with Crippen molar-refractivity contribution in [3.63, 3.8) is 0 Å². The first-order valence-corrected chi connectivity index (χ1v) is 23.9. The molecule has 15 rings (SSSR count). The largest absolute Gasteiger partial charge is 0.461 e. The van der Waals surface area contributed by atoms with Gasteiger partial charge >= 0.3 is 0 Å². The Morgan fingerprint density at radius 2 is 1.33 bits per heavy atom. The van der Waals surface area contributed by atoms with Crippen molar-refractivity contribution in [2.45, 2.75) is 51.4 Å². The summed E-state index contributed by atoms with van der Waals surface area (Å²) in [6.45, 7) is 6.24. The van der Waals surface area contributed by atoms with Crippen LogP contribution in [0.5, 0.6) is 0 Å². The van der Waals surface area contributed by atoms with Gasteiger partial charge in [0.15, 0.2) is 0 Å². The van der Waals surface area contributed by atoms with Gasteiger partial charge in [-0.25, -0.2) is 0 Å². The second kappa shape index (κ2) is 12.7. The fourth-order valence-electron chi connectivity index (χ4n) is 13.2. The summed E-state index contributed by atoms with van der Waals surface area (Å²) in [5.74, 6) is 1.65. The normalized spacial score (nSPS) is 15.5. The van der Waals surface area contributed by atoms with Crippen LogP contribution in [0.15, 0.2) is 143 Å². The molecule has 0 aliphatic heterocycles. The Bertz CT molecular complexity index is 4170. The van der Waals surface area contributed by atoms with E-state index in [-0.39, 0.29) is 0 Å². The van der Waals surface area contributed by atoms with Gasteiger partial charge in [0, 0.05) is 16.3 Å². The van der Waals surface area contributed by atoms with Crippen LogP contribution in [-0.4, -0.2) is 0 Å². The molecule has 0 spiro atoms. The van der Waals surface area contributed by atoms with Gasteiger partial charge in [-0.05, 0) is 211 Å². The lowest BCUT2D eigenvalue weighted by atomic mass is 9.76. The van der Waals surface area contributed by atoms with Crippen molar-refractivity contribution in [1.82, 2.24) is 0 Å². The molecule has 0 radical (unpaired) electrons. The maximum atomic E-state index is 6.58. The lowest BCUT2D eigenvalue weighted by molar-refractivity contribution is 0.546. The molecule has 3 aliphatic carbocycles. The zero-order valence-corrected chi connectivity index (χ0v) is 37.2. The van der Waals surface area contributed by atoms with Gasteiger partial charge in [-0.15, -0.1) is 6.58 Å². The van der Waals surface area contributed by atoms with E-state index in [1.54, 1.807) is 5.56 Å². The number of hydrogen-bond donors (Lipinski definition) is 0. The fourth-order valence-corrected chi connectivity index (χ4v) is 13.6. The van der Waals surface area contributed by atoms with Crippen LogP contribution in [0.2, 0.25) is 0 Å². The lowest BCUT2D eigenvalue weighted by Gasteiger charge is -2.28. The second-order valence-electron chi connectivity index (χ2n) is 18.9. The Kier molecular flexibility index (Phi) is 7.09. The Balaban J connectivity index is 1.19. The first kappa shape index (κ1) is 35.7. The van der Waals surface area contributed by atoms with Crippen molar-refractivity contribution in [2.24, 2.45) is 0 Å². The average Bonchev–Trinajstić information content (AvgIpc) is 4.07. The third kappa shape index (κ3) is 4.45. The van der Waals surface area contributed by atoms with Gasteiger partial charge in [0.25, 0.3) is 0 Å². The third-order valence-corrected chi connectivity index (χ3v) is 16.5. The molecule has 12 aromatic rings. The van der Waals surface area contributed by atoms with Crippen LogP contribution in [-0.2, 0) is 12.8 Å². The highest BCUT2D eigenvalue weighted by Crippen LogP contribution is 2.58. The highest BCUT2D eigenvalue weighted by Gasteiger charge is 2.31. The molecular weight excluding hydrogens is 841 g/mol. The van der Waals surface area contributed by atoms with E-state index in [0.717, 1.165) is 47.9 Å². The maximum Gasteiger partial charge on any atom is 0.134 e. The van der Waals surface area contributed by atoms with Gasteiger partial charge in [0.05, 0.1) is 0 Å². The van der Waals surface area contributed by atoms with E-state index in [9.17, 15) is 0 Å². The number of benzene rings is 9. The molecule has 11 aromatic carbocycles. The topological polar surface area (TPSA) is 13.1 Å². The Labute approximate surface area is 378 Å². The number of hydrogen-bond acceptors (Lipinski definition) is 1. The minimum absolute atomic E-state index is 0.595. The predicted molar refractivity (Wildman–Crippen MR) is 277 cm³/mol. The molecule has 0 saturated heterocycles. The predicted octanol–water partition coefficient (Wildman–Crippen LogP) is 17.3. The molecule has 2 heteroatoms. The number of furan rings is 1. The van der Waals surface area contributed by atoms with E-state index in [4.69, 9.17) is 4.42 Å². The van der Waals surface area contributed by atoms with Crippen LogP contribution in [0, 0.1) is 6.92 Å². The molecule has 302 valence electrons. The zero-order chi connectivity index (χ0) is 42.1. The summed E-state index contributed by atoms with van der Waals surface area (Å²) in [4.78, 5) is 0. The van der Waals surface area contributed by atoms with Gasteiger partial charge in [-0.3, -0.25) is 0 Å². The molecule has 64 heavy (non-hydrogen) atoms. The quantitative estimate of drug-likeness (QED) is 0.157. The summed E-state index contributed by atoms with van der Waals surface area (Å²) in [5.41, 5.74) is 15.9. The monoisotopic (exact) mass is 880 g/mol. The minimum Gasteiger partial charge on any atom is -0.461 e. The molecule has 1 unspecified atom stereocenters. The summed E-state index contributed by atoms with van der Waals surface area (Å²) in [6, 6.07) is 44.9. The Hall–Kier alpha value is -6.74. The van der Waals surface area contributed by atoms with E-state index in [1.165, 1.54) is 148 Å². The van der Waals surface area contributed by atoms with Gasteiger partial charge in [-0.1, -0.05) is 131 Å². The molecular formula is C62H41BrO. The SMILES string of the molecule is C=CCCc1oc2ccc(-c3c4c5ccc(Br)c6cccc(c4c(-c4ccc7c(c4)-c4ccccc4C7)c4c7ccc8c9c%10c(c%11ccc(c34)c7c%118)C=CCC%10CCC=9)c65)cc2c1C. The van der Waals surface area contributed by atoms with E-state index in [1.807, 2.05) is 6.08 Å². The molecule has 1 heterocycles. The van der Waals surface area contributed by atoms with Crippen molar-refractivity contribution in [3.05, 3.63) is 177 Å². The van der Waals surface area contributed by atoms with Gasteiger partial charge in [0.2, 0.25) is 0 Å². The van der Waals surface area contributed by atoms with E-state index in [2.05, 4.69) is 163 Å². The van der Waals surface area contributed by atoms with E-state index < -0.39 is 0 Å². The first-order chi connectivity index (χ1) is 31.6. The smallest absolute Gasteiger partial charge is 0.134 e. The summed E-state index contributed by atoms with van der Waals surface area (Å²) in [7, 11) is 0. The van der Waals surface area contributed by atoms with Crippen LogP contribution >= 0.6 is 15.9 Å². The van der Waals surface area contributed by atoms with Crippen molar-refractivity contribution < 1.29 is 4.42 Å². The van der Waals surface area contributed by atoms with Gasteiger partial charge in [-0.2, -0.15) is 0 Å². The number of rotatable bonds is 5. The van der Waals surface area contributed by atoms with Crippen molar-refractivity contribution >= 4 is 114 Å². The molecule has 0 saturated carbocycles. The van der Waals surface area contributed by atoms with Gasteiger partial charge in [0.1, 0.15) is 11.3 Å². The highest BCUT2D eigenvalue weighted by molar-refractivity contribution is 9.10. The third-order valence-electron chi connectivity index (χ3n) is 15.8. The molecule has 0 fully saturated rings. The zero-order valence-electron chi connectivity index (χ0n) is 35.6. The summed E-state index contributed by atoms with van der Waals surface area (Å²) in [5, 5.41) is 21.5. The summed E-state index contributed by atoms with van der Waals surface area (Å²) < 4.78 is 7.70. The van der Waals surface area contributed by atoms with Crippen LogP contribution in [0.4, 0.5) is 0 Å². The molecule has 1 aromatic heterocycles. The van der Waals surface area contributed by atoms with Crippen molar-refractivity contribution in [3.8, 4) is 33.4 Å². The van der Waals surface area contributed by atoms with Crippen LogP contribution < -0.4 is 5.22 Å². The second-order valence-corrected chi connectivity index (χ2v) is 19.8. The first-order valence-electron chi connectivity index (χ1n) is 23.1. The van der Waals surface area contributed by atoms with E-state index >= 15 is 0 Å². The van der Waals surface area contributed by atoms with Gasteiger partial charge < -0.3 is 4.42 Å². The molecule has 0 amide bonds. The average molecular weight is 882 g/mol. The standard InChI is InChI=1S/C62H41BrO/c1-3-4-18-51-32(2)48-30-37(21-28-52(48)64-51)55-60-45-26-27-50(63)43-16-9-17-44(56(43)45)59(60)54(36-20-19-35-29-34-10-5-6-13-38(34)49(35)31-36)61-46-24-22-41-39-14-7-11-33-12-8-15-40(53(33)39)42-23-25-47(62(55)61)58(46)57(41)42/h3,5-6,8-10,13-17,19-28,30-31,33H,1,4,7,11-12,18,29H2,2H3. The number of aryl methyl sites for hydroxylation is 2. The maximum absolute atomic E-state index is 6.58. The number of fused-ring (bicyclic) bond motifs is 12. The number of halogens is 1.